The van der Waals surface area contributed by atoms with E-state index in [1.54, 1.807) is 32.0 Å². The van der Waals surface area contributed by atoms with Crippen molar-refractivity contribution < 1.29 is 72.1 Å². The van der Waals surface area contributed by atoms with E-state index in [0.29, 0.717) is 59.6 Å². The van der Waals surface area contributed by atoms with E-state index in [-0.39, 0.29) is 114 Å². The number of esters is 1. The third-order valence-corrected chi connectivity index (χ3v) is 13.9. The maximum Gasteiger partial charge on any atom is 0.412 e. The molecular weight excluding hydrogens is 1070 g/mol. The van der Waals surface area contributed by atoms with Crippen molar-refractivity contribution in [1.82, 2.24) is 56.2 Å². The summed E-state index contributed by atoms with van der Waals surface area (Å²) in [6, 6.07) is 3.37. The largest absolute Gasteiger partial charge is 0.458 e. The molecule has 27 heteroatoms. The van der Waals surface area contributed by atoms with Gasteiger partial charge in [0.1, 0.15) is 24.4 Å². The fourth-order valence-electron chi connectivity index (χ4n) is 9.66. The van der Waals surface area contributed by atoms with Crippen molar-refractivity contribution in [1.29, 1.82) is 0 Å². The average Bonchev–Trinajstić information content (AvgIpc) is 2.09. The molecule has 82 heavy (non-hydrogen) atoms. The van der Waals surface area contributed by atoms with E-state index in [1.807, 2.05) is 25.1 Å². The van der Waals surface area contributed by atoms with Gasteiger partial charge in [0.05, 0.1) is 29.0 Å². The second-order valence-corrected chi connectivity index (χ2v) is 20.0. The summed E-state index contributed by atoms with van der Waals surface area (Å²) in [6.07, 6.45) is 3.33. The maximum absolute atomic E-state index is 14.0. The van der Waals surface area contributed by atoms with Crippen LogP contribution < -0.4 is 42.2 Å². The Morgan fingerprint density at radius 1 is 0.732 bits per heavy atom. The number of pyridine rings is 2. The van der Waals surface area contributed by atoms with Crippen molar-refractivity contribution in [2.45, 2.75) is 103 Å². The molecule has 0 spiro atoms. The van der Waals surface area contributed by atoms with Gasteiger partial charge < -0.3 is 60.7 Å². The Morgan fingerprint density at radius 2 is 1.30 bits per heavy atom. The number of hydrogen-bond donors (Lipinski definition) is 7. The highest BCUT2D eigenvalue weighted by molar-refractivity contribution is 6.13. The van der Waals surface area contributed by atoms with E-state index < -0.39 is 88.5 Å². The van der Waals surface area contributed by atoms with Gasteiger partial charge in [-0.05, 0) is 77.4 Å². The van der Waals surface area contributed by atoms with Crippen molar-refractivity contribution in [2.75, 3.05) is 66.6 Å². The zero-order chi connectivity index (χ0) is 59.3. The molecule has 4 aliphatic rings. The number of aromatic nitrogens is 2. The van der Waals surface area contributed by atoms with E-state index in [0.717, 1.165) is 34.1 Å². The molecule has 0 saturated heterocycles. The lowest BCUT2D eigenvalue weighted by molar-refractivity contribution is -0.172. The standard InChI is InChI=1S/C55H67N11O16/c1-5-55(79)36-28-38-47-32(29-66(38)52(76)35(36)31-81-53(55)77)27-33-34(30-63(3)4)39(15-14-37(33)60-47)82-54(78)59-23-22-56-40(67)11-7-20-57-50(74)48(61-41(68)12-8-24-64-43(70)16-17-44(64)71)49(51(75)58-21-10-26-80-6-2)62-42(69)13-9-25-65-45(72)18-19-46(65)73/h14-19,27-28,48-49,79H,5-13,20-26,29-31H2,1-4H3,(H,56,67)(H,57,74)(H,58,75)(H,59,78)(H,61,68)(H,62,69)/t48-,49-,55-/m0/s1. The Hall–Kier alpha value is -8.69. The predicted octanol–water partition coefficient (Wildman–Crippen LogP) is -0.835. The van der Waals surface area contributed by atoms with Crippen molar-refractivity contribution in [3.05, 3.63) is 81.2 Å². The van der Waals surface area contributed by atoms with Crippen LogP contribution >= 0.6 is 0 Å². The molecule has 7 rings (SSSR count). The van der Waals surface area contributed by atoms with Crippen LogP contribution in [0.3, 0.4) is 0 Å². The third-order valence-electron chi connectivity index (χ3n) is 13.9. The minimum absolute atomic E-state index is 0.00234. The quantitative estimate of drug-likeness (QED) is 0.0198. The van der Waals surface area contributed by atoms with Gasteiger partial charge in [0.25, 0.3) is 29.2 Å². The fourth-order valence-corrected chi connectivity index (χ4v) is 9.66. The first-order valence-electron chi connectivity index (χ1n) is 27.0. The summed E-state index contributed by atoms with van der Waals surface area (Å²) >= 11 is 0. The smallest absolute Gasteiger partial charge is 0.412 e. The van der Waals surface area contributed by atoms with E-state index in [9.17, 15) is 62.6 Å². The highest BCUT2D eigenvalue weighted by atomic mass is 16.6. The van der Waals surface area contributed by atoms with Gasteiger partial charge in [-0.15, -0.1) is 0 Å². The van der Waals surface area contributed by atoms with Crippen LogP contribution in [0.2, 0.25) is 0 Å². The van der Waals surface area contributed by atoms with Crippen molar-refractivity contribution >= 4 is 76.1 Å². The summed E-state index contributed by atoms with van der Waals surface area (Å²) in [5.41, 5.74) is 0.846. The molecule has 0 radical (unpaired) electrons. The van der Waals surface area contributed by atoms with E-state index >= 15 is 0 Å². The van der Waals surface area contributed by atoms with Crippen molar-refractivity contribution in [2.24, 2.45) is 0 Å². The molecule has 27 nitrogen and oxygen atoms in total. The minimum atomic E-state index is -1.98. The van der Waals surface area contributed by atoms with Gasteiger partial charge in [-0.2, -0.15) is 0 Å². The number of nitrogens with one attached hydrogen (secondary N) is 6. The molecule has 0 saturated carbocycles. The number of carbonyl (C=O) groups excluding carboxylic acids is 11. The summed E-state index contributed by atoms with van der Waals surface area (Å²) < 4.78 is 17.8. The number of cyclic esters (lactones) is 1. The summed E-state index contributed by atoms with van der Waals surface area (Å²) in [5, 5.41) is 27.5. The van der Waals surface area contributed by atoms with Crippen LogP contribution in [0, 0.1) is 0 Å². The first-order valence-corrected chi connectivity index (χ1v) is 27.0. The summed E-state index contributed by atoms with van der Waals surface area (Å²) in [7, 11) is 3.68. The van der Waals surface area contributed by atoms with Crippen LogP contribution in [0.15, 0.2) is 53.4 Å². The monoisotopic (exact) mass is 1140 g/mol. The summed E-state index contributed by atoms with van der Waals surface area (Å²) in [5.74, 6) is -6.46. The number of rotatable bonds is 29. The number of fused-ring (bicyclic) bond motifs is 5. The number of carbonyl (C=O) groups is 11. The first kappa shape index (κ1) is 60.9. The minimum Gasteiger partial charge on any atom is -0.458 e. The number of aliphatic hydroxyl groups is 1. The molecule has 438 valence electrons. The van der Waals surface area contributed by atoms with Gasteiger partial charge in [-0.25, -0.2) is 14.6 Å². The molecule has 6 heterocycles. The Labute approximate surface area is 470 Å². The van der Waals surface area contributed by atoms with Gasteiger partial charge in [-0.3, -0.25) is 57.7 Å². The lowest BCUT2D eigenvalue weighted by Crippen LogP contribution is -2.63. The molecule has 3 atom stereocenters. The van der Waals surface area contributed by atoms with Gasteiger partial charge in [0, 0.05) is 125 Å². The Kier molecular flexibility index (Phi) is 20.6. The number of ether oxygens (including phenoxy) is 3. The van der Waals surface area contributed by atoms with Crippen LogP contribution in [-0.2, 0) is 82.7 Å². The van der Waals surface area contributed by atoms with E-state index in [1.165, 1.54) is 4.57 Å². The van der Waals surface area contributed by atoms with E-state index in [4.69, 9.17) is 19.2 Å². The molecule has 0 bridgehead atoms. The first-order chi connectivity index (χ1) is 39.2. The number of hydrogen-bond acceptors (Lipinski definition) is 18. The highest BCUT2D eigenvalue weighted by Gasteiger charge is 2.45. The number of benzene rings is 1. The Bertz CT molecular complexity index is 3140. The molecule has 0 aliphatic carbocycles. The van der Waals surface area contributed by atoms with Gasteiger partial charge >= 0.3 is 12.1 Å². The van der Waals surface area contributed by atoms with E-state index in [2.05, 4.69) is 31.9 Å². The van der Waals surface area contributed by atoms with Gasteiger partial charge in [0.15, 0.2) is 5.60 Å². The predicted molar refractivity (Wildman–Crippen MR) is 289 cm³/mol. The zero-order valence-corrected chi connectivity index (χ0v) is 46.0. The molecule has 1 aromatic carbocycles. The van der Waals surface area contributed by atoms with Crippen LogP contribution in [0.4, 0.5) is 4.79 Å². The molecule has 3 aromatic rings. The fraction of sp³-hybridized carbons (Fsp3) is 0.473. The van der Waals surface area contributed by atoms with Crippen molar-refractivity contribution in [3.8, 4) is 17.1 Å². The Morgan fingerprint density at radius 3 is 1.88 bits per heavy atom. The number of amides is 10. The number of imide groups is 2. The molecule has 0 unspecified atom stereocenters. The topological polar surface area (TPSA) is 352 Å². The zero-order valence-electron chi connectivity index (χ0n) is 46.0. The molecule has 4 aliphatic heterocycles. The van der Waals surface area contributed by atoms with Crippen LogP contribution in [0.5, 0.6) is 5.75 Å². The lowest BCUT2D eigenvalue weighted by Gasteiger charge is -2.31. The third kappa shape index (κ3) is 14.6. The molecule has 10 amide bonds. The molecular formula is C55H67N11O16. The SMILES string of the molecule is CCOCCCNC(=O)[C@@H](NC(=O)CCCN1C(=O)C=CC1=O)[C@H](NC(=O)CCCN1C(=O)C=CC1=O)C(=O)NCCCC(=O)NCCNC(=O)Oc1ccc2nc3c(cc2c1CN(C)C)Cn1c-3cc2c(c1=O)COC(=O)[C@]2(O)CC. The number of nitrogens with zero attached hydrogens (tertiary/aromatic N) is 5. The van der Waals surface area contributed by atoms with Crippen LogP contribution in [0.25, 0.3) is 22.3 Å². The van der Waals surface area contributed by atoms with Crippen LogP contribution in [-0.4, -0.2) is 173 Å². The van der Waals surface area contributed by atoms with Crippen molar-refractivity contribution in [3.63, 3.8) is 0 Å². The second kappa shape index (κ2) is 27.7. The van der Waals surface area contributed by atoms with Gasteiger partial charge in [-0.1, -0.05) is 6.92 Å². The average molecular weight is 1140 g/mol. The van der Waals surface area contributed by atoms with Gasteiger partial charge in [0.2, 0.25) is 29.5 Å². The highest BCUT2D eigenvalue weighted by Crippen LogP contribution is 2.40. The molecule has 2 aromatic heterocycles. The summed E-state index contributed by atoms with van der Waals surface area (Å²) in [4.78, 5) is 164. The van der Waals surface area contributed by atoms with Crippen LogP contribution in [0.1, 0.15) is 87.5 Å². The molecule has 0 fully saturated rings. The Balaban J connectivity index is 0.931. The summed E-state index contributed by atoms with van der Waals surface area (Å²) in [6.45, 7) is 4.05. The lowest BCUT2D eigenvalue weighted by atomic mass is 9.86. The maximum atomic E-state index is 14.0. The second-order valence-electron chi connectivity index (χ2n) is 20.0. The molecule has 7 N–H and O–H groups in total. The normalized spacial score (nSPS) is 16.6.